The molecule has 4 nitrogen and oxygen atoms in total. The molecule has 0 spiro atoms. The van der Waals surface area contributed by atoms with E-state index in [0.717, 1.165) is 31.2 Å². The van der Waals surface area contributed by atoms with Crippen molar-refractivity contribution in [2.45, 2.75) is 76.9 Å². The van der Waals surface area contributed by atoms with Gasteiger partial charge in [0.15, 0.2) is 0 Å². The van der Waals surface area contributed by atoms with Gasteiger partial charge in [0.1, 0.15) is 6.04 Å². The first-order valence-electron chi connectivity index (χ1n) is 11.6. The number of nitrogens with zero attached hydrogens (tertiary/aromatic N) is 1. The molecule has 0 saturated heterocycles. The molecule has 0 aromatic heterocycles. The SMILES string of the molecule is CC[C@@H](C(=O)NC1CCCCC1)N(Cc1c(Cl)cccc1Cl)C(=O)CCc1ccccc1. The van der Waals surface area contributed by atoms with Gasteiger partial charge in [-0.1, -0.05) is 85.8 Å². The first-order chi connectivity index (χ1) is 15.5. The Morgan fingerprint density at radius 1 is 1.00 bits per heavy atom. The number of rotatable bonds is 9. The molecule has 1 atom stereocenters. The summed E-state index contributed by atoms with van der Waals surface area (Å²) in [4.78, 5) is 28.3. The summed E-state index contributed by atoms with van der Waals surface area (Å²) in [6.45, 7) is 2.15. The average Bonchev–Trinajstić information content (AvgIpc) is 2.80. The molecule has 1 fully saturated rings. The van der Waals surface area contributed by atoms with Crippen molar-refractivity contribution in [3.8, 4) is 0 Å². The second kappa shape index (κ2) is 12.3. The van der Waals surface area contributed by atoms with Crippen LogP contribution in [0.2, 0.25) is 10.0 Å². The summed E-state index contributed by atoms with van der Waals surface area (Å²) in [5.74, 6) is -0.161. The van der Waals surface area contributed by atoms with Crippen molar-refractivity contribution in [2.75, 3.05) is 0 Å². The highest BCUT2D eigenvalue weighted by Crippen LogP contribution is 2.27. The van der Waals surface area contributed by atoms with E-state index in [1.54, 1.807) is 23.1 Å². The summed E-state index contributed by atoms with van der Waals surface area (Å²) in [7, 11) is 0. The Kier molecular flexibility index (Phi) is 9.43. The Hall–Kier alpha value is -2.04. The van der Waals surface area contributed by atoms with Crippen molar-refractivity contribution < 1.29 is 9.59 Å². The highest BCUT2D eigenvalue weighted by molar-refractivity contribution is 6.36. The summed E-state index contributed by atoms with van der Waals surface area (Å²) < 4.78 is 0. The second-order valence-corrected chi connectivity index (χ2v) is 9.29. The quantitative estimate of drug-likeness (QED) is 0.471. The van der Waals surface area contributed by atoms with Gasteiger partial charge in [-0.15, -0.1) is 0 Å². The zero-order chi connectivity index (χ0) is 22.9. The van der Waals surface area contributed by atoms with Gasteiger partial charge in [0.05, 0.1) is 0 Å². The van der Waals surface area contributed by atoms with E-state index >= 15 is 0 Å². The lowest BCUT2D eigenvalue weighted by molar-refractivity contribution is -0.141. The molecule has 0 bridgehead atoms. The molecule has 6 heteroatoms. The molecule has 0 aliphatic heterocycles. The largest absolute Gasteiger partial charge is 0.352 e. The molecule has 1 aliphatic rings. The van der Waals surface area contributed by atoms with Crippen molar-refractivity contribution in [2.24, 2.45) is 0 Å². The molecule has 2 aromatic carbocycles. The van der Waals surface area contributed by atoms with E-state index in [4.69, 9.17) is 23.2 Å². The van der Waals surface area contributed by atoms with Gasteiger partial charge in [-0.25, -0.2) is 0 Å². The van der Waals surface area contributed by atoms with Crippen LogP contribution in [0.5, 0.6) is 0 Å². The number of carbonyl (C=O) groups excluding carboxylic acids is 2. The number of amides is 2. The van der Waals surface area contributed by atoms with E-state index in [1.807, 2.05) is 37.3 Å². The average molecular weight is 475 g/mol. The van der Waals surface area contributed by atoms with Gasteiger partial charge < -0.3 is 10.2 Å². The maximum atomic E-state index is 13.4. The fourth-order valence-electron chi connectivity index (χ4n) is 4.36. The minimum atomic E-state index is -0.562. The lowest BCUT2D eigenvalue weighted by atomic mass is 9.95. The molecular weight excluding hydrogens is 443 g/mol. The van der Waals surface area contributed by atoms with Gasteiger partial charge >= 0.3 is 0 Å². The van der Waals surface area contributed by atoms with Crippen LogP contribution in [0.25, 0.3) is 0 Å². The topological polar surface area (TPSA) is 49.4 Å². The highest BCUT2D eigenvalue weighted by atomic mass is 35.5. The Morgan fingerprint density at radius 3 is 2.28 bits per heavy atom. The van der Waals surface area contributed by atoms with Crippen molar-refractivity contribution in [3.63, 3.8) is 0 Å². The monoisotopic (exact) mass is 474 g/mol. The third-order valence-electron chi connectivity index (χ3n) is 6.20. The van der Waals surface area contributed by atoms with E-state index in [-0.39, 0.29) is 24.4 Å². The van der Waals surface area contributed by atoms with Crippen molar-refractivity contribution >= 4 is 35.0 Å². The van der Waals surface area contributed by atoms with Crippen LogP contribution in [0.3, 0.4) is 0 Å². The molecular formula is C26H32Cl2N2O2. The molecule has 2 amide bonds. The predicted molar refractivity (Wildman–Crippen MR) is 131 cm³/mol. The fraction of sp³-hybridized carbons (Fsp3) is 0.462. The van der Waals surface area contributed by atoms with Crippen LogP contribution in [0.4, 0.5) is 0 Å². The number of halogens is 2. The molecule has 0 heterocycles. The minimum Gasteiger partial charge on any atom is -0.352 e. The van der Waals surface area contributed by atoms with Crippen LogP contribution in [0.15, 0.2) is 48.5 Å². The van der Waals surface area contributed by atoms with Gasteiger partial charge in [0, 0.05) is 34.6 Å². The van der Waals surface area contributed by atoms with Crippen molar-refractivity contribution in [1.29, 1.82) is 0 Å². The van der Waals surface area contributed by atoms with E-state index in [2.05, 4.69) is 5.32 Å². The zero-order valence-corrected chi connectivity index (χ0v) is 20.2. The minimum absolute atomic E-state index is 0.0736. The van der Waals surface area contributed by atoms with Crippen LogP contribution >= 0.6 is 23.2 Å². The summed E-state index contributed by atoms with van der Waals surface area (Å²) in [5.41, 5.74) is 1.77. The Labute approximate surface area is 201 Å². The van der Waals surface area contributed by atoms with E-state index in [1.165, 1.54) is 6.42 Å². The molecule has 1 saturated carbocycles. The van der Waals surface area contributed by atoms with Crippen LogP contribution in [-0.2, 0) is 22.6 Å². The number of benzene rings is 2. The highest BCUT2D eigenvalue weighted by Gasteiger charge is 2.31. The van der Waals surface area contributed by atoms with Gasteiger partial charge in [0.2, 0.25) is 11.8 Å². The Morgan fingerprint density at radius 2 is 1.66 bits per heavy atom. The normalized spacial score (nSPS) is 15.2. The summed E-state index contributed by atoms with van der Waals surface area (Å²) in [6.07, 6.45) is 6.96. The predicted octanol–water partition coefficient (Wildman–Crippen LogP) is 6.18. The third kappa shape index (κ3) is 6.73. The molecule has 0 unspecified atom stereocenters. The molecule has 1 N–H and O–H groups in total. The zero-order valence-electron chi connectivity index (χ0n) is 18.7. The lowest BCUT2D eigenvalue weighted by Crippen LogP contribution is -2.51. The molecule has 2 aromatic rings. The number of hydrogen-bond donors (Lipinski definition) is 1. The summed E-state index contributed by atoms with van der Waals surface area (Å²) in [6, 6.07) is 14.8. The smallest absolute Gasteiger partial charge is 0.243 e. The van der Waals surface area contributed by atoms with E-state index < -0.39 is 6.04 Å². The maximum Gasteiger partial charge on any atom is 0.243 e. The van der Waals surface area contributed by atoms with Crippen molar-refractivity contribution in [3.05, 3.63) is 69.7 Å². The van der Waals surface area contributed by atoms with Gasteiger partial charge in [-0.05, 0) is 43.4 Å². The summed E-state index contributed by atoms with van der Waals surface area (Å²) in [5, 5.41) is 4.20. The van der Waals surface area contributed by atoms with Gasteiger partial charge in [-0.2, -0.15) is 0 Å². The Balaban J connectivity index is 1.80. The first-order valence-corrected chi connectivity index (χ1v) is 12.3. The Bertz CT molecular complexity index is 878. The summed E-state index contributed by atoms with van der Waals surface area (Å²) >= 11 is 12.8. The van der Waals surface area contributed by atoms with Gasteiger partial charge in [0.25, 0.3) is 0 Å². The lowest BCUT2D eigenvalue weighted by Gasteiger charge is -2.33. The first kappa shape index (κ1) is 24.6. The van der Waals surface area contributed by atoms with Gasteiger partial charge in [-0.3, -0.25) is 9.59 Å². The molecule has 172 valence electrons. The number of aryl methyl sites for hydroxylation is 1. The number of carbonyl (C=O) groups is 2. The van der Waals surface area contributed by atoms with Crippen LogP contribution in [0.1, 0.15) is 63.0 Å². The molecule has 3 rings (SSSR count). The van der Waals surface area contributed by atoms with Crippen LogP contribution < -0.4 is 5.32 Å². The molecule has 0 radical (unpaired) electrons. The van der Waals surface area contributed by atoms with Crippen LogP contribution in [0, 0.1) is 0 Å². The number of nitrogens with one attached hydrogen (secondary N) is 1. The standard InChI is InChI=1S/C26H32Cl2N2O2/c1-2-24(26(32)29-20-12-7-4-8-13-20)30(18-21-22(27)14-9-15-23(21)28)25(31)17-16-19-10-5-3-6-11-19/h3,5-6,9-11,14-15,20,24H,2,4,7-8,12-13,16-18H2,1H3,(H,29,32)/t24-/m0/s1. The third-order valence-corrected chi connectivity index (χ3v) is 6.91. The second-order valence-electron chi connectivity index (χ2n) is 8.48. The fourth-order valence-corrected chi connectivity index (χ4v) is 4.87. The maximum absolute atomic E-state index is 13.4. The van der Waals surface area contributed by atoms with E-state index in [9.17, 15) is 9.59 Å². The van der Waals surface area contributed by atoms with E-state index in [0.29, 0.717) is 34.9 Å². The molecule has 32 heavy (non-hydrogen) atoms. The molecule has 1 aliphatic carbocycles. The van der Waals surface area contributed by atoms with Crippen molar-refractivity contribution in [1.82, 2.24) is 10.2 Å². The van der Waals surface area contributed by atoms with Crippen LogP contribution in [-0.4, -0.2) is 28.8 Å². The number of hydrogen-bond acceptors (Lipinski definition) is 2.